The molecular formula is C19H24FNO3S. The monoisotopic (exact) mass is 365 g/mol. The number of sulfonamides is 1. The number of rotatable bonds is 6. The highest BCUT2D eigenvalue weighted by molar-refractivity contribution is 7.89. The number of ether oxygens (including phenoxy) is 1. The van der Waals surface area contributed by atoms with Crippen LogP contribution in [-0.2, 0) is 15.4 Å². The van der Waals surface area contributed by atoms with Crippen molar-refractivity contribution in [3.63, 3.8) is 0 Å². The van der Waals surface area contributed by atoms with Crippen molar-refractivity contribution in [2.75, 3.05) is 13.2 Å². The summed E-state index contributed by atoms with van der Waals surface area (Å²) in [5.41, 5.74) is 1.45. The molecule has 6 heteroatoms. The molecule has 0 aliphatic carbocycles. The molecule has 0 radical (unpaired) electrons. The minimum atomic E-state index is -3.68. The van der Waals surface area contributed by atoms with E-state index in [1.54, 1.807) is 0 Å². The average Bonchev–Trinajstić information content (AvgIpc) is 2.53. The van der Waals surface area contributed by atoms with Crippen molar-refractivity contribution in [3.8, 4) is 5.75 Å². The molecule has 0 bridgehead atoms. The van der Waals surface area contributed by atoms with Gasteiger partial charge in [0.2, 0.25) is 10.0 Å². The average molecular weight is 365 g/mol. The number of hydrogen-bond acceptors (Lipinski definition) is 3. The highest BCUT2D eigenvalue weighted by Gasteiger charge is 2.16. The minimum Gasteiger partial charge on any atom is -0.492 e. The van der Waals surface area contributed by atoms with Gasteiger partial charge in [0, 0.05) is 6.54 Å². The molecule has 0 spiro atoms. The Hall–Kier alpha value is -1.92. The Morgan fingerprint density at radius 3 is 2.48 bits per heavy atom. The molecule has 0 aliphatic rings. The Bertz CT molecular complexity index is 842. The molecule has 0 saturated carbocycles. The van der Waals surface area contributed by atoms with Crippen molar-refractivity contribution in [2.45, 2.75) is 38.0 Å². The van der Waals surface area contributed by atoms with Crippen LogP contribution in [0.4, 0.5) is 4.39 Å². The summed E-state index contributed by atoms with van der Waals surface area (Å²) in [6.45, 7) is 8.20. The molecule has 136 valence electrons. The van der Waals surface area contributed by atoms with Gasteiger partial charge in [-0.1, -0.05) is 32.9 Å². The fourth-order valence-corrected chi connectivity index (χ4v) is 3.36. The molecule has 1 N–H and O–H groups in total. The first kappa shape index (κ1) is 19.4. The van der Waals surface area contributed by atoms with Crippen molar-refractivity contribution in [2.24, 2.45) is 0 Å². The zero-order valence-corrected chi connectivity index (χ0v) is 15.8. The van der Waals surface area contributed by atoms with Gasteiger partial charge in [0.05, 0.1) is 4.90 Å². The van der Waals surface area contributed by atoms with Crippen molar-refractivity contribution in [1.29, 1.82) is 0 Å². The maximum atomic E-state index is 13.3. The van der Waals surface area contributed by atoms with Crippen LogP contribution in [0.15, 0.2) is 47.4 Å². The third-order valence-corrected chi connectivity index (χ3v) is 5.26. The van der Waals surface area contributed by atoms with Gasteiger partial charge in [0.1, 0.15) is 18.2 Å². The molecule has 2 rings (SSSR count). The lowest BCUT2D eigenvalue weighted by Gasteiger charge is -2.19. The van der Waals surface area contributed by atoms with Gasteiger partial charge in [-0.3, -0.25) is 0 Å². The maximum absolute atomic E-state index is 13.3. The SMILES string of the molecule is Cc1cc(S(=O)(=O)NCCOc2cccc(C(C)(C)C)c2)ccc1F. The summed E-state index contributed by atoms with van der Waals surface area (Å²) in [7, 11) is -3.68. The topological polar surface area (TPSA) is 55.4 Å². The number of nitrogens with one attached hydrogen (secondary N) is 1. The van der Waals surface area contributed by atoms with E-state index >= 15 is 0 Å². The molecule has 0 heterocycles. The molecule has 2 aromatic rings. The largest absolute Gasteiger partial charge is 0.492 e. The van der Waals surface area contributed by atoms with E-state index in [1.807, 2.05) is 24.3 Å². The van der Waals surface area contributed by atoms with Crippen LogP contribution in [0.25, 0.3) is 0 Å². The van der Waals surface area contributed by atoms with Crippen LogP contribution in [0.3, 0.4) is 0 Å². The van der Waals surface area contributed by atoms with Gasteiger partial charge in [-0.25, -0.2) is 17.5 Å². The zero-order chi connectivity index (χ0) is 18.7. The van der Waals surface area contributed by atoms with Crippen LogP contribution in [0.2, 0.25) is 0 Å². The van der Waals surface area contributed by atoms with E-state index in [0.29, 0.717) is 5.75 Å². The van der Waals surface area contributed by atoms with Crippen molar-refractivity contribution in [1.82, 2.24) is 4.72 Å². The van der Waals surface area contributed by atoms with Gasteiger partial charge in [0.15, 0.2) is 0 Å². The predicted octanol–water partition coefficient (Wildman–Crippen LogP) is 3.79. The fraction of sp³-hybridized carbons (Fsp3) is 0.368. The second-order valence-electron chi connectivity index (χ2n) is 6.94. The molecule has 0 amide bonds. The van der Waals surface area contributed by atoms with Crippen LogP contribution in [0, 0.1) is 12.7 Å². The van der Waals surface area contributed by atoms with Crippen molar-refractivity contribution in [3.05, 3.63) is 59.4 Å². The summed E-state index contributed by atoms with van der Waals surface area (Å²) in [4.78, 5) is 0.0427. The van der Waals surface area contributed by atoms with E-state index < -0.39 is 15.8 Å². The molecule has 0 fully saturated rings. The van der Waals surface area contributed by atoms with E-state index in [1.165, 1.54) is 19.1 Å². The Morgan fingerprint density at radius 2 is 1.84 bits per heavy atom. The first-order chi connectivity index (χ1) is 11.6. The maximum Gasteiger partial charge on any atom is 0.240 e. The molecule has 4 nitrogen and oxygen atoms in total. The van der Waals surface area contributed by atoms with E-state index in [2.05, 4.69) is 25.5 Å². The molecule has 0 aliphatic heterocycles. The Morgan fingerprint density at radius 1 is 1.12 bits per heavy atom. The van der Waals surface area contributed by atoms with Gasteiger partial charge < -0.3 is 4.74 Å². The van der Waals surface area contributed by atoms with Crippen LogP contribution in [-0.4, -0.2) is 21.6 Å². The van der Waals surface area contributed by atoms with Crippen LogP contribution < -0.4 is 9.46 Å². The van der Waals surface area contributed by atoms with Gasteiger partial charge in [-0.05, 0) is 53.8 Å². The second-order valence-corrected chi connectivity index (χ2v) is 8.70. The first-order valence-corrected chi connectivity index (χ1v) is 9.57. The molecule has 2 aromatic carbocycles. The molecule has 25 heavy (non-hydrogen) atoms. The van der Waals surface area contributed by atoms with Crippen LogP contribution in [0.1, 0.15) is 31.9 Å². The third-order valence-electron chi connectivity index (χ3n) is 3.80. The quantitative estimate of drug-likeness (QED) is 0.793. The summed E-state index contributed by atoms with van der Waals surface area (Å²) in [6.07, 6.45) is 0. The lowest BCUT2D eigenvalue weighted by Crippen LogP contribution is -2.28. The Labute approximate surface area is 149 Å². The lowest BCUT2D eigenvalue weighted by atomic mass is 9.87. The summed E-state index contributed by atoms with van der Waals surface area (Å²) < 4.78 is 45.8. The smallest absolute Gasteiger partial charge is 0.240 e. The van der Waals surface area contributed by atoms with Crippen molar-refractivity contribution >= 4 is 10.0 Å². The van der Waals surface area contributed by atoms with Gasteiger partial charge in [-0.15, -0.1) is 0 Å². The van der Waals surface area contributed by atoms with E-state index in [9.17, 15) is 12.8 Å². The Balaban J connectivity index is 1.93. The van der Waals surface area contributed by atoms with Crippen molar-refractivity contribution < 1.29 is 17.5 Å². The summed E-state index contributed by atoms with van der Waals surface area (Å²) >= 11 is 0. The zero-order valence-electron chi connectivity index (χ0n) is 15.0. The standard InChI is InChI=1S/C19H24FNO3S/c1-14-12-17(8-9-18(14)20)25(22,23)21-10-11-24-16-7-5-6-15(13-16)19(2,3)4/h5-9,12-13,21H,10-11H2,1-4H3. The second kappa shape index (κ2) is 7.54. The number of benzene rings is 2. The van der Waals surface area contributed by atoms with Crippen LogP contribution >= 0.6 is 0 Å². The first-order valence-electron chi connectivity index (χ1n) is 8.09. The number of halogens is 1. The normalized spacial score (nSPS) is 12.2. The van der Waals surface area contributed by atoms with Gasteiger partial charge in [-0.2, -0.15) is 0 Å². The molecule has 0 aromatic heterocycles. The lowest BCUT2D eigenvalue weighted by molar-refractivity contribution is 0.322. The van der Waals surface area contributed by atoms with E-state index in [-0.39, 0.29) is 29.0 Å². The Kier molecular flexibility index (Phi) is 5.85. The molecular weight excluding hydrogens is 341 g/mol. The molecule has 0 unspecified atom stereocenters. The highest BCUT2D eigenvalue weighted by Crippen LogP contribution is 2.25. The predicted molar refractivity (Wildman–Crippen MR) is 97.0 cm³/mol. The van der Waals surface area contributed by atoms with E-state index in [0.717, 1.165) is 11.6 Å². The summed E-state index contributed by atoms with van der Waals surface area (Å²) in [5, 5.41) is 0. The minimum absolute atomic E-state index is 0.0153. The van der Waals surface area contributed by atoms with Gasteiger partial charge in [0.25, 0.3) is 0 Å². The summed E-state index contributed by atoms with van der Waals surface area (Å²) in [6, 6.07) is 11.5. The third kappa shape index (κ3) is 5.28. The number of aryl methyl sites for hydroxylation is 1. The summed E-state index contributed by atoms with van der Waals surface area (Å²) in [5.74, 6) is 0.269. The van der Waals surface area contributed by atoms with Crippen LogP contribution in [0.5, 0.6) is 5.75 Å². The molecule has 0 saturated heterocycles. The molecule has 0 atom stereocenters. The fourth-order valence-electron chi connectivity index (χ4n) is 2.26. The van der Waals surface area contributed by atoms with E-state index in [4.69, 9.17) is 4.74 Å². The highest BCUT2D eigenvalue weighted by atomic mass is 32.2. The number of hydrogen-bond donors (Lipinski definition) is 1. The van der Waals surface area contributed by atoms with Gasteiger partial charge >= 0.3 is 0 Å².